The molecule has 0 atom stereocenters. The fraction of sp³-hybridized carbons (Fsp3) is 0.533. The van der Waals surface area contributed by atoms with Gasteiger partial charge in [-0.2, -0.15) is 0 Å². The Bertz CT molecular complexity index is 467. The number of ether oxygens (including phenoxy) is 1. The zero-order chi connectivity index (χ0) is 13.9. The summed E-state index contributed by atoms with van der Waals surface area (Å²) in [4.78, 5) is 11.3. The third kappa shape index (κ3) is 3.32. The summed E-state index contributed by atoms with van der Waals surface area (Å²) in [6, 6.07) is 4.65. The number of carbonyl (C=O) groups is 1. The van der Waals surface area contributed by atoms with Crippen LogP contribution in [0, 0.1) is 5.82 Å². The van der Waals surface area contributed by atoms with Crippen molar-refractivity contribution < 1.29 is 13.9 Å². The van der Waals surface area contributed by atoms with Gasteiger partial charge in [0.15, 0.2) is 0 Å². The highest BCUT2D eigenvalue weighted by molar-refractivity contribution is 5.89. The van der Waals surface area contributed by atoms with Crippen molar-refractivity contribution in [1.82, 2.24) is 5.32 Å². The lowest BCUT2D eigenvalue weighted by Gasteiger charge is -2.25. The van der Waals surface area contributed by atoms with E-state index in [1.807, 2.05) is 0 Å². The number of methoxy groups -OCH3 is 1. The van der Waals surface area contributed by atoms with Crippen LogP contribution in [-0.4, -0.2) is 18.6 Å². The van der Waals surface area contributed by atoms with Crippen molar-refractivity contribution in [3.63, 3.8) is 0 Å². The van der Waals surface area contributed by atoms with Gasteiger partial charge in [0.1, 0.15) is 5.82 Å². The lowest BCUT2D eigenvalue weighted by atomic mass is 10.00. The van der Waals surface area contributed by atoms with Crippen LogP contribution in [0.3, 0.4) is 0 Å². The molecule has 1 aliphatic carbocycles. The molecule has 0 heterocycles. The molecule has 0 bridgehead atoms. The minimum Gasteiger partial charge on any atom is -0.465 e. The average molecular weight is 265 g/mol. The summed E-state index contributed by atoms with van der Waals surface area (Å²) in [6.07, 6.45) is 4.82. The van der Waals surface area contributed by atoms with Gasteiger partial charge < -0.3 is 10.1 Å². The molecule has 104 valence electrons. The summed E-state index contributed by atoms with van der Waals surface area (Å²) in [5.74, 6) is -1.16. The monoisotopic (exact) mass is 265 g/mol. The highest BCUT2D eigenvalue weighted by Crippen LogP contribution is 2.29. The number of carbonyl (C=O) groups excluding carboxylic acids is 1. The number of nitrogens with one attached hydrogen (secondary N) is 1. The number of hydrogen-bond acceptors (Lipinski definition) is 3. The number of esters is 1. The van der Waals surface area contributed by atoms with Gasteiger partial charge in [0.05, 0.1) is 12.7 Å². The number of hydrogen-bond donors (Lipinski definition) is 1. The molecule has 0 aromatic heterocycles. The van der Waals surface area contributed by atoms with E-state index in [1.165, 1.54) is 32.1 Å². The first kappa shape index (κ1) is 14.0. The van der Waals surface area contributed by atoms with Crippen molar-refractivity contribution in [1.29, 1.82) is 0 Å². The first-order valence-electron chi connectivity index (χ1n) is 6.66. The van der Waals surface area contributed by atoms with Gasteiger partial charge in [-0.25, -0.2) is 9.18 Å². The van der Waals surface area contributed by atoms with E-state index in [9.17, 15) is 9.18 Å². The molecular weight excluding hydrogens is 245 g/mol. The third-order valence-electron chi connectivity index (χ3n) is 3.87. The molecule has 3 nitrogen and oxygen atoms in total. The van der Waals surface area contributed by atoms with Gasteiger partial charge in [-0.1, -0.05) is 18.9 Å². The van der Waals surface area contributed by atoms with Gasteiger partial charge in [-0.15, -0.1) is 0 Å². The Morgan fingerprint density at radius 2 is 2.11 bits per heavy atom. The maximum absolute atomic E-state index is 13.8. The predicted molar refractivity (Wildman–Crippen MR) is 71.5 cm³/mol. The van der Waals surface area contributed by atoms with Crippen LogP contribution in [0.25, 0.3) is 0 Å². The SMILES string of the molecule is COC(=O)c1ccc(CNC2(C)CCCC2)cc1F. The molecule has 0 saturated heterocycles. The Hall–Kier alpha value is -1.42. The summed E-state index contributed by atoms with van der Waals surface area (Å²) in [5, 5.41) is 3.48. The van der Waals surface area contributed by atoms with Gasteiger partial charge in [0, 0.05) is 12.1 Å². The molecule has 4 heteroatoms. The number of benzene rings is 1. The van der Waals surface area contributed by atoms with Gasteiger partial charge >= 0.3 is 5.97 Å². The van der Waals surface area contributed by atoms with Crippen molar-refractivity contribution in [3.8, 4) is 0 Å². The van der Waals surface area contributed by atoms with Crippen molar-refractivity contribution >= 4 is 5.97 Å². The van der Waals surface area contributed by atoms with Crippen LogP contribution >= 0.6 is 0 Å². The molecular formula is C15H20FNO2. The van der Waals surface area contributed by atoms with E-state index < -0.39 is 11.8 Å². The molecule has 0 spiro atoms. The summed E-state index contributed by atoms with van der Waals surface area (Å²) in [6.45, 7) is 2.83. The van der Waals surface area contributed by atoms with Gasteiger partial charge in [-0.05, 0) is 37.5 Å². The molecule has 2 rings (SSSR count). The van der Waals surface area contributed by atoms with Crippen molar-refractivity contribution in [3.05, 3.63) is 35.1 Å². The minimum atomic E-state index is -0.639. The minimum absolute atomic E-state index is 0.0154. The van der Waals surface area contributed by atoms with Crippen LogP contribution in [0.5, 0.6) is 0 Å². The first-order valence-corrected chi connectivity index (χ1v) is 6.66. The Morgan fingerprint density at radius 1 is 1.42 bits per heavy atom. The highest BCUT2D eigenvalue weighted by Gasteiger charge is 2.27. The molecule has 19 heavy (non-hydrogen) atoms. The standard InChI is InChI=1S/C15H20FNO2/c1-15(7-3-4-8-15)17-10-11-5-6-12(13(16)9-11)14(18)19-2/h5-6,9,17H,3-4,7-8,10H2,1-2H3. The molecule has 1 saturated carbocycles. The smallest absolute Gasteiger partial charge is 0.340 e. The Balaban J connectivity index is 2.02. The molecule has 1 N–H and O–H groups in total. The zero-order valence-corrected chi connectivity index (χ0v) is 11.5. The number of rotatable bonds is 4. The molecule has 0 aliphatic heterocycles. The van der Waals surface area contributed by atoms with Crippen LogP contribution in [0.1, 0.15) is 48.5 Å². The van der Waals surface area contributed by atoms with Gasteiger partial charge in [0.2, 0.25) is 0 Å². The quantitative estimate of drug-likeness (QED) is 0.850. The van der Waals surface area contributed by atoms with Gasteiger partial charge in [0.25, 0.3) is 0 Å². The molecule has 1 fully saturated rings. The summed E-state index contributed by atoms with van der Waals surface area (Å²) in [5.41, 5.74) is 0.994. The lowest BCUT2D eigenvalue weighted by molar-refractivity contribution is 0.0595. The van der Waals surface area contributed by atoms with E-state index in [0.717, 1.165) is 18.4 Å². The molecule has 1 aromatic rings. The fourth-order valence-corrected chi connectivity index (χ4v) is 2.59. The molecule has 1 aromatic carbocycles. The van der Waals surface area contributed by atoms with Crippen molar-refractivity contribution in [2.45, 2.75) is 44.7 Å². The normalized spacial score (nSPS) is 17.4. The van der Waals surface area contributed by atoms with E-state index in [2.05, 4.69) is 17.0 Å². The van der Waals surface area contributed by atoms with E-state index in [4.69, 9.17) is 0 Å². The fourth-order valence-electron chi connectivity index (χ4n) is 2.59. The largest absolute Gasteiger partial charge is 0.465 e. The predicted octanol–water partition coefficient (Wildman–Crippen LogP) is 3.03. The third-order valence-corrected chi connectivity index (χ3v) is 3.87. The zero-order valence-electron chi connectivity index (χ0n) is 11.5. The van der Waals surface area contributed by atoms with Crippen LogP contribution in [0.2, 0.25) is 0 Å². The van der Waals surface area contributed by atoms with E-state index in [1.54, 1.807) is 6.07 Å². The van der Waals surface area contributed by atoms with E-state index >= 15 is 0 Å². The van der Waals surface area contributed by atoms with Crippen LogP contribution in [0.15, 0.2) is 18.2 Å². The van der Waals surface area contributed by atoms with Crippen molar-refractivity contribution in [2.24, 2.45) is 0 Å². The molecule has 0 unspecified atom stereocenters. The second-order valence-electron chi connectivity index (χ2n) is 5.43. The Morgan fingerprint density at radius 3 is 2.68 bits per heavy atom. The van der Waals surface area contributed by atoms with Crippen LogP contribution in [-0.2, 0) is 11.3 Å². The highest BCUT2D eigenvalue weighted by atomic mass is 19.1. The average Bonchev–Trinajstić information content (AvgIpc) is 2.83. The Kier molecular flexibility index (Phi) is 4.20. The van der Waals surface area contributed by atoms with Crippen molar-refractivity contribution in [2.75, 3.05) is 7.11 Å². The second kappa shape index (κ2) is 5.70. The summed E-state index contributed by atoms with van der Waals surface area (Å²) < 4.78 is 18.3. The van der Waals surface area contributed by atoms with Crippen LogP contribution < -0.4 is 5.32 Å². The summed E-state index contributed by atoms with van der Waals surface area (Å²) in [7, 11) is 1.25. The van der Waals surface area contributed by atoms with Gasteiger partial charge in [-0.3, -0.25) is 0 Å². The number of halogens is 1. The van der Waals surface area contributed by atoms with E-state index in [0.29, 0.717) is 6.54 Å². The molecule has 0 radical (unpaired) electrons. The topological polar surface area (TPSA) is 38.3 Å². The second-order valence-corrected chi connectivity index (χ2v) is 5.43. The molecule has 1 aliphatic rings. The maximum Gasteiger partial charge on any atom is 0.340 e. The Labute approximate surface area is 113 Å². The molecule has 0 amide bonds. The summed E-state index contributed by atoms with van der Waals surface area (Å²) >= 11 is 0. The maximum atomic E-state index is 13.8. The lowest BCUT2D eigenvalue weighted by Crippen LogP contribution is -2.38. The van der Waals surface area contributed by atoms with Crippen LogP contribution in [0.4, 0.5) is 4.39 Å². The first-order chi connectivity index (χ1) is 9.04. The van der Waals surface area contributed by atoms with E-state index in [-0.39, 0.29) is 11.1 Å².